The summed E-state index contributed by atoms with van der Waals surface area (Å²) >= 11 is 0. The summed E-state index contributed by atoms with van der Waals surface area (Å²) in [7, 11) is 1.66. The zero-order chi connectivity index (χ0) is 17.6. The molecule has 3 rings (SSSR count). The maximum atomic E-state index is 5.87. The van der Waals surface area contributed by atoms with E-state index in [1.165, 1.54) is 0 Å². The molecule has 0 atom stereocenters. The number of hydrogen-bond acceptors (Lipinski definition) is 3. The third-order valence-electron chi connectivity index (χ3n) is 3.83. The van der Waals surface area contributed by atoms with Crippen LogP contribution in [0.2, 0.25) is 0 Å². The molecule has 0 saturated carbocycles. The first-order valence-electron chi connectivity index (χ1n) is 8.50. The molecule has 2 aromatic carbocycles. The predicted molar refractivity (Wildman–Crippen MR) is 104 cm³/mol. The van der Waals surface area contributed by atoms with Crippen molar-refractivity contribution in [3.05, 3.63) is 65.9 Å². The van der Waals surface area contributed by atoms with Crippen LogP contribution in [0, 0.1) is 5.92 Å². The van der Waals surface area contributed by atoms with E-state index in [9.17, 15) is 0 Å². The number of rotatable bonds is 6. The van der Waals surface area contributed by atoms with Crippen LogP contribution in [0.25, 0.3) is 23.1 Å². The summed E-state index contributed by atoms with van der Waals surface area (Å²) < 4.78 is 11.2. The van der Waals surface area contributed by atoms with Crippen LogP contribution >= 0.6 is 0 Å². The lowest BCUT2D eigenvalue weighted by Crippen LogP contribution is -2.05. The predicted octanol–water partition coefficient (Wildman–Crippen LogP) is 5.45. The van der Waals surface area contributed by atoms with Gasteiger partial charge in [-0.25, -0.2) is 4.98 Å². The number of benzene rings is 2. The van der Waals surface area contributed by atoms with E-state index in [0.717, 1.165) is 33.7 Å². The third-order valence-corrected chi connectivity index (χ3v) is 3.83. The van der Waals surface area contributed by atoms with Gasteiger partial charge in [-0.1, -0.05) is 50.3 Å². The van der Waals surface area contributed by atoms with Crippen LogP contribution in [-0.2, 0) is 0 Å². The summed E-state index contributed by atoms with van der Waals surface area (Å²) in [5.41, 5.74) is 2.98. The zero-order valence-electron chi connectivity index (χ0n) is 14.9. The van der Waals surface area contributed by atoms with Gasteiger partial charge in [0.05, 0.1) is 24.9 Å². The average molecular weight is 333 g/mol. The molecule has 0 aliphatic carbocycles. The smallest absolute Gasteiger partial charge is 0.161 e. The number of pyridine rings is 1. The average Bonchev–Trinajstić information content (AvgIpc) is 2.64. The highest BCUT2D eigenvalue weighted by atomic mass is 16.5. The highest BCUT2D eigenvalue weighted by Crippen LogP contribution is 2.29. The normalized spacial score (nSPS) is 11.4. The number of nitrogens with zero attached hydrogens (tertiary/aromatic N) is 1. The number of para-hydroxylation sites is 1. The Kier molecular flexibility index (Phi) is 5.34. The Morgan fingerprint density at radius 2 is 1.80 bits per heavy atom. The number of methoxy groups -OCH3 is 1. The molecule has 3 aromatic rings. The van der Waals surface area contributed by atoms with E-state index in [2.05, 4.69) is 31.0 Å². The number of hydrogen-bond donors (Lipinski definition) is 0. The minimum Gasteiger partial charge on any atom is -0.493 e. The molecule has 128 valence electrons. The van der Waals surface area contributed by atoms with Crippen LogP contribution in [0.1, 0.15) is 25.1 Å². The summed E-state index contributed by atoms with van der Waals surface area (Å²) in [6.45, 7) is 4.92. The van der Waals surface area contributed by atoms with Crippen molar-refractivity contribution in [1.82, 2.24) is 4.98 Å². The van der Waals surface area contributed by atoms with Gasteiger partial charge in [-0.15, -0.1) is 0 Å². The molecule has 0 aliphatic rings. The van der Waals surface area contributed by atoms with Crippen molar-refractivity contribution in [2.75, 3.05) is 13.7 Å². The lowest BCUT2D eigenvalue weighted by molar-refractivity contribution is 0.257. The fourth-order valence-corrected chi connectivity index (χ4v) is 2.52. The molecule has 1 heterocycles. The SMILES string of the molecule is COc1ccc(/C=C/c2ccc3ccccc3n2)cc1OCC(C)C. The number of aromatic nitrogens is 1. The minimum absolute atomic E-state index is 0.464. The maximum Gasteiger partial charge on any atom is 0.161 e. The lowest BCUT2D eigenvalue weighted by Gasteiger charge is -2.13. The van der Waals surface area contributed by atoms with E-state index in [4.69, 9.17) is 9.47 Å². The summed E-state index contributed by atoms with van der Waals surface area (Å²) in [6, 6.07) is 18.2. The van der Waals surface area contributed by atoms with E-state index >= 15 is 0 Å². The van der Waals surface area contributed by atoms with Crippen LogP contribution in [-0.4, -0.2) is 18.7 Å². The molecule has 1 aromatic heterocycles. The summed E-state index contributed by atoms with van der Waals surface area (Å²) in [5.74, 6) is 1.98. The van der Waals surface area contributed by atoms with E-state index in [-0.39, 0.29) is 0 Å². The summed E-state index contributed by atoms with van der Waals surface area (Å²) in [4.78, 5) is 4.66. The first-order valence-corrected chi connectivity index (χ1v) is 8.50. The Hall–Kier alpha value is -2.81. The van der Waals surface area contributed by atoms with Gasteiger partial charge in [-0.05, 0) is 41.8 Å². The Labute approximate surface area is 148 Å². The van der Waals surface area contributed by atoms with Crippen molar-refractivity contribution in [3.8, 4) is 11.5 Å². The largest absolute Gasteiger partial charge is 0.493 e. The van der Waals surface area contributed by atoms with Crippen LogP contribution in [0.5, 0.6) is 11.5 Å². The molecule has 0 spiro atoms. The molecule has 0 radical (unpaired) electrons. The molecule has 0 unspecified atom stereocenters. The van der Waals surface area contributed by atoms with Crippen molar-refractivity contribution < 1.29 is 9.47 Å². The van der Waals surface area contributed by atoms with Crippen molar-refractivity contribution in [2.24, 2.45) is 5.92 Å². The third kappa shape index (κ3) is 4.38. The summed E-state index contributed by atoms with van der Waals surface area (Å²) in [6.07, 6.45) is 4.05. The van der Waals surface area contributed by atoms with Crippen LogP contribution in [0.4, 0.5) is 0 Å². The molecule has 3 nitrogen and oxygen atoms in total. The maximum absolute atomic E-state index is 5.87. The molecular formula is C22H23NO2. The Morgan fingerprint density at radius 3 is 2.60 bits per heavy atom. The molecule has 3 heteroatoms. The number of fused-ring (bicyclic) bond motifs is 1. The van der Waals surface area contributed by atoms with E-state index in [1.54, 1.807) is 7.11 Å². The van der Waals surface area contributed by atoms with Gasteiger partial charge in [0.2, 0.25) is 0 Å². The van der Waals surface area contributed by atoms with E-state index < -0.39 is 0 Å². The van der Waals surface area contributed by atoms with E-state index in [0.29, 0.717) is 12.5 Å². The second-order valence-corrected chi connectivity index (χ2v) is 6.38. The van der Waals surface area contributed by atoms with Crippen molar-refractivity contribution in [2.45, 2.75) is 13.8 Å². The molecule has 0 saturated heterocycles. The van der Waals surface area contributed by atoms with Gasteiger partial charge in [-0.2, -0.15) is 0 Å². The quantitative estimate of drug-likeness (QED) is 0.601. The first-order chi connectivity index (χ1) is 12.2. The van der Waals surface area contributed by atoms with Crippen LogP contribution in [0.3, 0.4) is 0 Å². The zero-order valence-corrected chi connectivity index (χ0v) is 14.9. The Bertz CT molecular complexity index is 884. The highest BCUT2D eigenvalue weighted by molar-refractivity contribution is 5.80. The van der Waals surface area contributed by atoms with E-state index in [1.807, 2.05) is 54.6 Å². The first kappa shape index (κ1) is 17.0. The lowest BCUT2D eigenvalue weighted by atomic mass is 10.1. The molecular weight excluding hydrogens is 310 g/mol. The Balaban J connectivity index is 1.82. The molecule has 0 bridgehead atoms. The van der Waals surface area contributed by atoms with Crippen LogP contribution in [0.15, 0.2) is 54.6 Å². The Morgan fingerprint density at radius 1 is 0.960 bits per heavy atom. The minimum atomic E-state index is 0.464. The second kappa shape index (κ2) is 7.84. The second-order valence-electron chi connectivity index (χ2n) is 6.38. The van der Waals surface area contributed by atoms with Gasteiger partial charge in [0, 0.05) is 5.39 Å². The van der Waals surface area contributed by atoms with Crippen molar-refractivity contribution >= 4 is 23.1 Å². The van der Waals surface area contributed by atoms with Crippen molar-refractivity contribution in [1.29, 1.82) is 0 Å². The molecule has 0 fully saturated rings. The fraction of sp³-hybridized carbons (Fsp3) is 0.227. The molecule has 0 aliphatic heterocycles. The van der Waals surface area contributed by atoms with Gasteiger partial charge in [-0.3, -0.25) is 0 Å². The summed E-state index contributed by atoms with van der Waals surface area (Å²) in [5, 5.41) is 1.15. The van der Waals surface area contributed by atoms with Gasteiger partial charge in [0.15, 0.2) is 11.5 Å². The standard InChI is InChI=1S/C22H23NO2/c1-16(2)15-25-22-14-17(9-13-21(22)24-3)8-11-19-12-10-18-6-4-5-7-20(18)23-19/h4-14,16H,15H2,1-3H3/b11-8+. The fourth-order valence-electron chi connectivity index (χ4n) is 2.52. The van der Waals surface area contributed by atoms with Crippen LogP contribution < -0.4 is 9.47 Å². The molecule has 0 N–H and O–H groups in total. The van der Waals surface area contributed by atoms with Gasteiger partial charge in [0.25, 0.3) is 0 Å². The van der Waals surface area contributed by atoms with Gasteiger partial charge >= 0.3 is 0 Å². The monoisotopic (exact) mass is 333 g/mol. The van der Waals surface area contributed by atoms with Crippen molar-refractivity contribution in [3.63, 3.8) is 0 Å². The van der Waals surface area contributed by atoms with Gasteiger partial charge < -0.3 is 9.47 Å². The highest BCUT2D eigenvalue weighted by Gasteiger charge is 2.06. The molecule has 0 amide bonds. The van der Waals surface area contributed by atoms with Gasteiger partial charge in [0.1, 0.15) is 0 Å². The molecule has 25 heavy (non-hydrogen) atoms. The topological polar surface area (TPSA) is 31.4 Å². The number of ether oxygens (including phenoxy) is 2.